The van der Waals surface area contributed by atoms with Gasteiger partial charge in [-0.1, -0.05) is 6.07 Å². The van der Waals surface area contributed by atoms with Gasteiger partial charge in [-0.3, -0.25) is 4.98 Å². The summed E-state index contributed by atoms with van der Waals surface area (Å²) in [5.74, 6) is 0. The number of aromatic nitrogens is 1. The molecule has 1 aromatic heterocycles. The van der Waals surface area contributed by atoms with E-state index in [1.54, 1.807) is 30.5 Å². The van der Waals surface area contributed by atoms with E-state index in [-0.39, 0.29) is 5.69 Å². The highest BCUT2D eigenvalue weighted by molar-refractivity contribution is 6.06. The van der Waals surface area contributed by atoms with Crippen LogP contribution in [0.4, 0.5) is 18.9 Å². The van der Waals surface area contributed by atoms with Gasteiger partial charge in [-0.25, -0.2) is 4.99 Å². The molecule has 0 aliphatic rings. The molecule has 1 aromatic carbocycles. The number of fused-ring (bicyclic) bond motifs is 1. The van der Waals surface area contributed by atoms with Crippen molar-refractivity contribution in [3.05, 3.63) is 48.4 Å². The Morgan fingerprint density at radius 2 is 1.95 bits per heavy atom. The highest BCUT2D eigenvalue weighted by Gasteiger charge is 2.37. The summed E-state index contributed by atoms with van der Waals surface area (Å²) in [5, 5.41) is 0.501. The Bertz CT molecular complexity index is 684. The lowest BCUT2D eigenvalue weighted by Gasteiger charge is -2.11. The SMILES string of the molecule is N/C=C(/N)C(=Nc1cccc2ncccc12)C(F)(F)F. The Balaban J connectivity index is 2.66. The van der Waals surface area contributed by atoms with Gasteiger partial charge in [-0.15, -0.1) is 0 Å². The summed E-state index contributed by atoms with van der Waals surface area (Å²) in [6.45, 7) is 0. The van der Waals surface area contributed by atoms with Gasteiger partial charge in [0, 0.05) is 17.8 Å². The van der Waals surface area contributed by atoms with Crippen LogP contribution in [0.25, 0.3) is 10.9 Å². The number of hydrogen-bond donors (Lipinski definition) is 2. The van der Waals surface area contributed by atoms with Crippen molar-refractivity contribution >= 4 is 22.3 Å². The fourth-order valence-electron chi connectivity index (χ4n) is 1.68. The zero-order valence-corrected chi connectivity index (χ0v) is 10.2. The van der Waals surface area contributed by atoms with Crippen molar-refractivity contribution in [2.75, 3.05) is 0 Å². The van der Waals surface area contributed by atoms with Crippen LogP contribution >= 0.6 is 0 Å². The topological polar surface area (TPSA) is 77.3 Å². The third kappa shape index (κ3) is 2.71. The third-order valence-corrected chi connectivity index (χ3v) is 2.58. The molecular formula is C13H11F3N4. The molecule has 2 rings (SSSR count). The number of alkyl halides is 3. The van der Waals surface area contributed by atoms with Crippen LogP contribution in [0.1, 0.15) is 0 Å². The van der Waals surface area contributed by atoms with Gasteiger partial charge in [-0.05, 0) is 24.3 Å². The van der Waals surface area contributed by atoms with E-state index in [0.717, 1.165) is 0 Å². The van der Waals surface area contributed by atoms with Gasteiger partial charge in [0.1, 0.15) is 0 Å². The average molecular weight is 280 g/mol. The smallest absolute Gasteiger partial charge is 0.403 e. The molecule has 4 nitrogen and oxygen atoms in total. The molecule has 20 heavy (non-hydrogen) atoms. The molecular weight excluding hydrogens is 269 g/mol. The molecule has 0 radical (unpaired) electrons. The predicted molar refractivity (Wildman–Crippen MR) is 71.4 cm³/mol. The number of rotatable bonds is 2. The predicted octanol–water partition coefficient (Wildman–Crippen LogP) is 2.63. The zero-order valence-electron chi connectivity index (χ0n) is 10.2. The largest absolute Gasteiger partial charge is 0.435 e. The molecule has 1 heterocycles. The highest BCUT2D eigenvalue weighted by atomic mass is 19.4. The van der Waals surface area contributed by atoms with Crippen LogP contribution in [-0.2, 0) is 0 Å². The fraction of sp³-hybridized carbons (Fsp3) is 0.0769. The van der Waals surface area contributed by atoms with Gasteiger partial charge in [0.15, 0.2) is 5.71 Å². The van der Waals surface area contributed by atoms with E-state index in [2.05, 4.69) is 9.98 Å². The molecule has 0 spiro atoms. The monoisotopic (exact) mass is 280 g/mol. The van der Waals surface area contributed by atoms with Crippen molar-refractivity contribution in [3.63, 3.8) is 0 Å². The summed E-state index contributed by atoms with van der Waals surface area (Å²) in [4.78, 5) is 7.66. The quantitative estimate of drug-likeness (QED) is 0.830. The van der Waals surface area contributed by atoms with Crippen LogP contribution in [-0.4, -0.2) is 16.9 Å². The van der Waals surface area contributed by atoms with Crippen molar-refractivity contribution in [2.45, 2.75) is 6.18 Å². The highest BCUT2D eigenvalue weighted by Crippen LogP contribution is 2.28. The maximum Gasteiger partial charge on any atom is 0.435 e. The van der Waals surface area contributed by atoms with Gasteiger partial charge in [-0.2, -0.15) is 13.2 Å². The Labute approximate surface area is 112 Å². The average Bonchev–Trinajstić information content (AvgIpc) is 2.42. The van der Waals surface area contributed by atoms with Crippen LogP contribution in [0.2, 0.25) is 0 Å². The number of allylic oxidation sites excluding steroid dienone is 1. The Morgan fingerprint density at radius 1 is 1.20 bits per heavy atom. The van der Waals surface area contributed by atoms with Gasteiger partial charge in [0.2, 0.25) is 0 Å². The van der Waals surface area contributed by atoms with Crippen LogP contribution in [0.3, 0.4) is 0 Å². The molecule has 0 aliphatic carbocycles. The second-order valence-corrected chi connectivity index (χ2v) is 3.93. The summed E-state index contributed by atoms with van der Waals surface area (Å²) in [5.41, 5.74) is 9.15. The van der Waals surface area contributed by atoms with E-state index in [1.165, 1.54) is 6.07 Å². The molecule has 0 amide bonds. The number of benzene rings is 1. The van der Waals surface area contributed by atoms with Crippen molar-refractivity contribution < 1.29 is 13.2 Å². The number of pyridine rings is 1. The van der Waals surface area contributed by atoms with Crippen molar-refractivity contribution in [2.24, 2.45) is 16.5 Å². The lowest BCUT2D eigenvalue weighted by molar-refractivity contribution is -0.0582. The lowest BCUT2D eigenvalue weighted by Crippen LogP contribution is -2.29. The standard InChI is InChI=1S/C13H11F3N4/c14-13(15,16)12(9(18)7-17)20-11-5-1-4-10-8(11)3-2-6-19-10/h1-7H,17-18H2/b9-7+,20-12?. The minimum absolute atomic E-state index is 0.132. The first-order chi connectivity index (χ1) is 9.43. The molecule has 0 unspecified atom stereocenters. The van der Waals surface area contributed by atoms with Gasteiger partial charge in [0.25, 0.3) is 0 Å². The number of hydrogen-bond acceptors (Lipinski definition) is 4. The van der Waals surface area contributed by atoms with Crippen molar-refractivity contribution in [1.82, 2.24) is 4.98 Å². The van der Waals surface area contributed by atoms with E-state index in [0.29, 0.717) is 17.1 Å². The molecule has 0 fully saturated rings. The Morgan fingerprint density at radius 3 is 2.60 bits per heavy atom. The molecule has 2 aromatic rings. The normalized spacial score (nSPS) is 13.8. The molecule has 0 saturated heterocycles. The van der Waals surface area contributed by atoms with Crippen LogP contribution in [0.5, 0.6) is 0 Å². The van der Waals surface area contributed by atoms with Crippen molar-refractivity contribution in [3.8, 4) is 0 Å². The van der Waals surface area contributed by atoms with Crippen LogP contribution in [0.15, 0.2) is 53.4 Å². The number of nitrogens with two attached hydrogens (primary N) is 2. The van der Waals surface area contributed by atoms with E-state index in [4.69, 9.17) is 11.5 Å². The maximum absolute atomic E-state index is 12.9. The molecule has 0 aliphatic heterocycles. The molecule has 0 atom stereocenters. The van der Waals surface area contributed by atoms with Crippen LogP contribution < -0.4 is 11.5 Å². The molecule has 0 bridgehead atoms. The molecule has 4 N–H and O–H groups in total. The summed E-state index contributed by atoms with van der Waals surface area (Å²) in [6, 6.07) is 7.97. The van der Waals surface area contributed by atoms with Gasteiger partial charge in [0.05, 0.1) is 16.9 Å². The van der Waals surface area contributed by atoms with Gasteiger partial charge >= 0.3 is 6.18 Å². The van der Waals surface area contributed by atoms with E-state index in [1.807, 2.05) is 0 Å². The second kappa shape index (κ2) is 5.20. The number of nitrogens with zero attached hydrogens (tertiary/aromatic N) is 2. The first-order valence-electron chi connectivity index (χ1n) is 5.61. The van der Waals surface area contributed by atoms with Gasteiger partial charge < -0.3 is 11.5 Å². The second-order valence-electron chi connectivity index (χ2n) is 3.93. The van der Waals surface area contributed by atoms with Crippen LogP contribution in [0, 0.1) is 0 Å². The molecule has 0 saturated carbocycles. The summed E-state index contributed by atoms with van der Waals surface area (Å²) in [7, 11) is 0. The first kappa shape index (κ1) is 13.9. The summed E-state index contributed by atoms with van der Waals surface area (Å²) in [6.07, 6.45) is -2.46. The Kier molecular flexibility index (Phi) is 3.60. The number of halogens is 3. The summed E-state index contributed by atoms with van der Waals surface area (Å²) >= 11 is 0. The number of aliphatic imine (C=N–C) groups is 1. The fourth-order valence-corrected chi connectivity index (χ4v) is 1.68. The van der Waals surface area contributed by atoms with E-state index >= 15 is 0 Å². The minimum Gasteiger partial charge on any atom is -0.403 e. The van der Waals surface area contributed by atoms with Crippen molar-refractivity contribution in [1.29, 1.82) is 0 Å². The molecule has 104 valence electrons. The Hall–Kier alpha value is -2.57. The molecule has 7 heteroatoms. The van der Waals surface area contributed by atoms with E-state index in [9.17, 15) is 13.2 Å². The lowest BCUT2D eigenvalue weighted by atomic mass is 10.2. The third-order valence-electron chi connectivity index (χ3n) is 2.58. The van der Waals surface area contributed by atoms with E-state index < -0.39 is 17.6 Å². The minimum atomic E-state index is -4.69. The summed E-state index contributed by atoms with van der Waals surface area (Å²) < 4.78 is 38.8. The first-order valence-corrected chi connectivity index (χ1v) is 5.61. The zero-order chi connectivity index (χ0) is 14.8. The maximum atomic E-state index is 12.9.